The third-order valence-electron chi connectivity index (χ3n) is 3.57. The molecule has 1 saturated carbocycles. The van der Waals surface area contributed by atoms with Crippen LogP contribution in [0.4, 0.5) is 0 Å². The van der Waals surface area contributed by atoms with E-state index >= 15 is 0 Å². The molecule has 1 atom stereocenters. The molecule has 5 nitrogen and oxygen atoms in total. The predicted octanol–water partition coefficient (Wildman–Crippen LogP) is 0.850. The summed E-state index contributed by atoms with van der Waals surface area (Å²) in [6.07, 6.45) is 6.33. The molecule has 6 heteroatoms. The Kier molecular flexibility index (Phi) is 7.14. The lowest BCUT2D eigenvalue weighted by Gasteiger charge is -2.29. The Morgan fingerprint density at radius 2 is 2.00 bits per heavy atom. The van der Waals surface area contributed by atoms with Gasteiger partial charge in [-0.05, 0) is 25.2 Å². The molecule has 0 heterocycles. The number of methoxy groups -OCH3 is 1. The summed E-state index contributed by atoms with van der Waals surface area (Å²) in [5, 5.41) is 0. The van der Waals surface area contributed by atoms with E-state index in [0.29, 0.717) is 25.5 Å². The van der Waals surface area contributed by atoms with Gasteiger partial charge in [-0.3, -0.25) is 0 Å². The van der Waals surface area contributed by atoms with Gasteiger partial charge in [-0.2, -0.15) is 0 Å². The van der Waals surface area contributed by atoms with Crippen molar-refractivity contribution in [2.75, 3.05) is 26.0 Å². The maximum absolute atomic E-state index is 11.9. The molecule has 1 aliphatic rings. The van der Waals surface area contributed by atoms with E-state index in [0.717, 1.165) is 12.8 Å². The monoisotopic (exact) mass is 278 g/mol. The van der Waals surface area contributed by atoms with Crippen molar-refractivity contribution in [3.05, 3.63) is 0 Å². The Bertz CT molecular complexity index is 313. The molecule has 1 fully saturated rings. The summed E-state index contributed by atoms with van der Waals surface area (Å²) in [4.78, 5) is 0. The fourth-order valence-electron chi connectivity index (χ4n) is 2.56. The van der Waals surface area contributed by atoms with Crippen molar-refractivity contribution in [2.45, 2.75) is 44.6 Å². The van der Waals surface area contributed by atoms with Crippen molar-refractivity contribution in [3.63, 3.8) is 0 Å². The molecule has 18 heavy (non-hydrogen) atoms. The number of nitrogens with two attached hydrogens (primary N) is 1. The normalized spacial score (nSPS) is 19.9. The van der Waals surface area contributed by atoms with Gasteiger partial charge in [-0.1, -0.05) is 19.3 Å². The van der Waals surface area contributed by atoms with Crippen LogP contribution in [0, 0.1) is 5.92 Å². The molecular weight excluding hydrogens is 252 g/mol. The zero-order valence-electron chi connectivity index (χ0n) is 11.2. The minimum Gasteiger partial charge on any atom is -0.385 e. The Balaban J connectivity index is 2.45. The van der Waals surface area contributed by atoms with Crippen LogP contribution >= 0.6 is 0 Å². The van der Waals surface area contributed by atoms with Crippen molar-refractivity contribution in [2.24, 2.45) is 11.7 Å². The lowest BCUT2D eigenvalue weighted by atomic mass is 9.84. The van der Waals surface area contributed by atoms with Crippen LogP contribution < -0.4 is 10.5 Å². The number of sulfonamides is 1. The van der Waals surface area contributed by atoms with E-state index in [2.05, 4.69) is 4.72 Å². The molecular formula is C12H26N2O3S. The van der Waals surface area contributed by atoms with Crippen molar-refractivity contribution >= 4 is 10.0 Å². The van der Waals surface area contributed by atoms with Crippen molar-refractivity contribution < 1.29 is 13.2 Å². The molecule has 1 rings (SSSR count). The van der Waals surface area contributed by atoms with E-state index in [1.54, 1.807) is 7.11 Å². The first kappa shape index (κ1) is 15.9. The molecule has 0 aromatic rings. The molecule has 0 aromatic carbocycles. The topological polar surface area (TPSA) is 81.4 Å². The average Bonchev–Trinajstić information content (AvgIpc) is 2.37. The number of hydrogen-bond acceptors (Lipinski definition) is 4. The standard InChI is InChI=1S/C12H26N2O3S/c1-17-8-5-9-18(15,16)14-12(10-13)11-6-3-2-4-7-11/h11-12,14H,2-10,13H2,1H3. The summed E-state index contributed by atoms with van der Waals surface area (Å²) in [7, 11) is -1.65. The Morgan fingerprint density at radius 1 is 1.33 bits per heavy atom. The summed E-state index contributed by atoms with van der Waals surface area (Å²) >= 11 is 0. The summed E-state index contributed by atoms with van der Waals surface area (Å²) in [6.45, 7) is 0.853. The summed E-state index contributed by atoms with van der Waals surface area (Å²) in [6, 6.07) is -0.0992. The number of nitrogens with one attached hydrogen (secondary N) is 1. The molecule has 3 N–H and O–H groups in total. The van der Waals surface area contributed by atoms with Crippen LogP contribution in [0.2, 0.25) is 0 Å². The zero-order valence-corrected chi connectivity index (χ0v) is 12.0. The second-order valence-electron chi connectivity index (χ2n) is 5.02. The van der Waals surface area contributed by atoms with Gasteiger partial charge in [0.25, 0.3) is 0 Å². The second-order valence-corrected chi connectivity index (χ2v) is 6.90. The first-order valence-corrected chi connectivity index (χ1v) is 8.43. The summed E-state index contributed by atoms with van der Waals surface area (Å²) < 4.78 is 31.4. The van der Waals surface area contributed by atoms with Crippen LogP contribution in [0.15, 0.2) is 0 Å². The van der Waals surface area contributed by atoms with E-state index in [9.17, 15) is 8.42 Å². The number of ether oxygens (including phenoxy) is 1. The van der Waals surface area contributed by atoms with Crippen LogP contribution in [-0.4, -0.2) is 40.5 Å². The Hall–Kier alpha value is -0.170. The molecule has 0 saturated heterocycles. The van der Waals surface area contributed by atoms with Gasteiger partial charge in [0.15, 0.2) is 0 Å². The number of hydrogen-bond donors (Lipinski definition) is 2. The molecule has 0 bridgehead atoms. The first-order chi connectivity index (χ1) is 8.59. The van der Waals surface area contributed by atoms with Crippen LogP contribution in [-0.2, 0) is 14.8 Å². The van der Waals surface area contributed by atoms with Gasteiger partial charge < -0.3 is 10.5 Å². The van der Waals surface area contributed by atoms with Crippen molar-refractivity contribution in [1.82, 2.24) is 4.72 Å². The molecule has 0 aromatic heterocycles. The highest BCUT2D eigenvalue weighted by Gasteiger charge is 2.26. The first-order valence-electron chi connectivity index (χ1n) is 6.78. The summed E-state index contributed by atoms with van der Waals surface area (Å²) in [5.41, 5.74) is 5.71. The van der Waals surface area contributed by atoms with E-state index in [4.69, 9.17) is 10.5 Å². The Labute approximate surface area is 111 Å². The van der Waals surface area contributed by atoms with Gasteiger partial charge in [0, 0.05) is 26.3 Å². The Morgan fingerprint density at radius 3 is 2.56 bits per heavy atom. The van der Waals surface area contributed by atoms with Gasteiger partial charge in [0.2, 0.25) is 10.0 Å². The third-order valence-corrected chi connectivity index (χ3v) is 5.05. The quantitative estimate of drug-likeness (QED) is 0.645. The second kappa shape index (κ2) is 8.09. The van der Waals surface area contributed by atoms with E-state index in [1.807, 2.05) is 0 Å². The smallest absolute Gasteiger partial charge is 0.211 e. The van der Waals surface area contributed by atoms with Gasteiger partial charge in [-0.15, -0.1) is 0 Å². The van der Waals surface area contributed by atoms with E-state index in [1.165, 1.54) is 19.3 Å². The molecule has 0 aliphatic heterocycles. The highest BCUT2D eigenvalue weighted by molar-refractivity contribution is 7.89. The highest BCUT2D eigenvalue weighted by Crippen LogP contribution is 2.26. The van der Waals surface area contributed by atoms with Gasteiger partial charge >= 0.3 is 0 Å². The highest BCUT2D eigenvalue weighted by atomic mass is 32.2. The SMILES string of the molecule is COCCCS(=O)(=O)NC(CN)C1CCCCC1. The third kappa shape index (κ3) is 5.65. The van der Waals surface area contributed by atoms with E-state index < -0.39 is 10.0 Å². The van der Waals surface area contributed by atoms with Crippen LogP contribution in [0.1, 0.15) is 38.5 Å². The van der Waals surface area contributed by atoms with Crippen LogP contribution in [0.3, 0.4) is 0 Å². The number of rotatable bonds is 8. The van der Waals surface area contributed by atoms with Gasteiger partial charge in [0.05, 0.1) is 5.75 Å². The van der Waals surface area contributed by atoms with Crippen molar-refractivity contribution in [1.29, 1.82) is 0 Å². The van der Waals surface area contributed by atoms with E-state index in [-0.39, 0.29) is 11.8 Å². The maximum Gasteiger partial charge on any atom is 0.211 e. The van der Waals surface area contributed by atoms with Crippen LogP contribution in [0.5, 0.6) is 0 Å². The van der Waals surface area contributed by atoms with Crippen LogP contribution in [0.25, 0.3) is 0 Å². The molecule has 1 unspecified atom stereocenters. The molecule has 0 spiro atoms. The predicted molar refractivity (Wildman–Crippen MR) is 72.8 cm³/mol. The molecule has 108 valence electrons. The lowest BCUT2D eigenvalue weighted by molar-refractivity contribution is 0.199. The van der Waals surface area contributed by atoms with Gasteiger partial charge in [-0.25, -0.2) is 13.1 Å². The summed E-state index contributed by atoms with van der Waals surface area (Å²) in [5.74, 6) is 0.519. The molecule has 0 radical (unpaired) electrons. The lowest BCUT2D eigenvalue weighted by Crippen LogP contribution is -2.46. The molecule has 0 amide bonds. The fourth-order valence-corrected chi connectivity index (χ4v) is 3.92. The maximum atomic E-state index is 11.9. The zero-order chi connectivity index (χ0) is 13.4. The fraction of sp³-hybridized carbons (Fsp3) is 1.00. The average molecular weight is 278 g/mol. The van der Waals surface area contributed by atoms with Crippen molar-refractivity contribution in [3.8, 4) is 0 Å². The minimum atomic E-state index is -3.22. The largest absolute Gasteiger partial charge is 0.385 e. The van der Waals surface area contributed by atoms with Gasteiger partial charge in [0.1, 0.15) is 0 Å². The molecule has 1 aliphatic carbocycles. The minimum absolute atomic E-state index is 0.0992.